The van der Waals surface area contributed by atoms with Gasteiger partial charge in [0.1, 0.15) is 12.3 Å². The van der Waals surface area contributed by atoms with E-state index in [-0.39, 0.29) is 30.3 Å². The fourth-order valence-electron chi connectivity index (χ4n) is 2.49. The van der Waals surface area contributed by atoms with Gasteiger partial charge in [0, 0.05) is 6.04 Å². The Balaban J connectivity index is 2.34. The Kier molecular flexibility index (Phi) is 4.74. The molecule has 0 fully saturated rings. The highest BCUT2D eigenvalue weighted by molar-refractivity contribution is 6.04. The number of amides is 2. The van der Waals surface area contributed by atoms with Gasteiger partial charge in [-0.3, -0.25) is 14.5 Å². The number of carbonyl (C=O) groups is 2. The normalized spacial score (nSPS) is 17.5. The van der Waals surface area contributed by atoms with E-state index < -0.39 is 6.10 Å². The average molecular weight is 304 g/mol. The van der Waals surface area contributed by atoms with Crippen LogP contribution in [0.3, 0.4) is 0 Å². The third kappa shape index (κ3) is 3.40. The lowest BCUT2D eigenvalue weighted by molar-refractivity contribution is -0.130. The van der Waals surface area contributed by atoms with Crippen LogP contribution in [-0.4, -0.2) is 30.5 Å². The summed E-state index contributed by atoms with van der Waals surface area (Å²) in [5.74, 6) is 0.367. The van der Waals surface area contributed by atoms with Crippen LogP contribution in [0.5, 0.6) is 5.75 Å². The molecule has 0 spiro atoms. The first-order valence-corrected chi connectivity index (χ1v) is 7.67. The molecule has 22 heavy (non-hydrogen) atoms. The standard InChI is InChI=1S/C17H24N2O3/c1-10(2)16-17(21)19(9-15(20)18-11(3)4)13-8-12(5)6-7-14(13)22-16/h6-8,10-11,16H,9H2,1-5H3,(H,18,20). The van der Waals surface area contributed by atoms with E-state index in [1.807, 2.05) is 52.8 Å². The topological polar surface area (TPSA) is 58.6 Å². The predicted octanol–water partition coefficient (Wildman–Crippen LogP) is 2.27. The van der Waals surface area contributed by atoms with Gasteiger partial charge in [-0.1, -0.05) is 19.9 Å². The summed E-state index contributed by atoms with van der Waals surface area (Å²) < 4.78 is 5.83. The zero-order valence-corrected chi connectivity index (χ0v) is 13.8. The third-order valence-electron chi connectivity index (χ3n) is 3.53. The van der Waals surface area contributed by atoms with Crippen LogP contribution in [-0.2, 0) is 9.59 Å². The van der Waals surface area contributed by atoms with E-state index in [1.165, 1.54) is 4.90 Å². The van der Waals surface area contributed by atoms with Crippen molar-refractivity contribution in [2.45, 2.75) is 46.8 Å². The largest absolute Gasteiger partial charge is 0.478 e. The van der Waals surface area contributed by atoms with Gasteiger partial charge >= 0.3 is 0 Å². The monoisotopic (exact) mass is 304 g/mol. The Morgan fingerprint density at radius 3 is 2.59 bits per heavy atom. The molecule has 0 saturated carbocycles. The minimum absolute atomic E-state index is 0.0139. The van der Waals surface area contributed by atoms with Gasteiger partial charge in [-0.05, 0) is 44.4 Å². The molecule has 0 radical (unpaired) electrons. The van der Waals surface area contributed by atoms with Gasteiger partial charge in [0.2, 0.25) is 5.91 Å². The first-order valence-electron chi connectivity index (χ1n) is 7.67. The molecular weight excluding hydrogens is 280 g/mol. The van der Waals surface area contributed by atoms with Crippen molar-refractivity contribution < 1.29 is 14.3 Å². The molecular formula is C17H24N2O3. The minimum atomic E-state index is -0.554. The number of benzene rings is 1. The first kappa shape index (κ1) is 16.3. The summed E-state index contributed by atoms with van der Waals surface area (Å²) in [5.41, 5.74) is 1.69. The Morgan fingerprint density at radius 2 is 2.00 bits per heavy atom. The maximum atomic E-state index is 12.7. The molecule has 2 amide bonds. The van der Waals surface area contributed by atoms with E-state index in [1.54, 1.807) is 0 Å². The second kappa shape index (κ2) is 6.38. The van der Waals surface area contributed by atoms with Gasteiger partial charge in [0.15, 0.2) is 6.10 Å². The number of hydrogen-bond donors (Lipinski definition) is 1. The van der Waals surface area contributed by atoms with Crippen molar-refractivity contribution in [3.8, 4) is 5.75 Å². The molecule has 1 aliphatic heterocycles. The predicted molar refractivity (Wildman–Crippen MR) is 86.1 cm³/mol. The van der Waals surface area contributed by atoms with Gasteiger partial charge in [-0.2, -0.15) is 0 Å². The third-order valence-corrected chi connectivity index (χ3v) is 3.53. The summed E-state index contributed by atoms with van der Waals surface area (Å²) in [6.07, 6.45) is -0.554. The number of anilines is 1. The lowest BCUT2D eigenvalue weighted by atomic mass is 10.0. The van der Waals surface area contributed by atoms with Crippen LogP contribution >= 0.6 is 0 Å². The Labute approximate surface area is 131 Å². The molecule has 1 unspecified atom stereocenters. The summed E-state index contributed by atoms with van der Waals surface area (Å²) in [5, 5.41) is 2.83. The fraction of sp³-hybridized carbons (Fsp3) is 0.529. The molecule has 5 heteroatoms. The number of carbonyl (C=O) groups excluding carboxylic acids is 2. The molecule has 2 rings (SSSR count). The number of nitrogens with zero attached hydrogens (tertiary/aromatic N) is 1. The molecule has 0 bridgehead atoms. The van der Waals surface area contributed by atoms with E-state index >= 15 is 0 Å². The molecule has 1 aromatic carbocycles. The summed E-state index contributed by atoms with van der Waals surface area (Å²) >= 11 is 0. The van der Waals surface area contributed by atoms with Gasteiger partial charge in [-0.25, -0.2) is 0 Å². The molecule has 0 aromatic heterocycles. The number of aryl methyl sites for hydroxylation is 1. The van der Waals surface area contributed by atoms with Crippen molar-refractivity contribution in [1.82, 2.24) is 5.32 Å². The zero-order valence-electron chi connectivity index (χ0n) is 13.8. The van der Waals surface area contributed by atoms with E-state index in [0.717, 1.165) is 5.56 Å². The Hall–Kier alpha value is -2.04. The van der Waals surface area contributed by atoms with Crippen molar-refractivity contribution in [1.29, 1.82) is 0 Å². The van der Waals surface area contributed by atoms with Crippen LogP contribution in [0, 0.1) is 12.8 Å². The highest BCUT2D eigenvalue weighted by Crippen LogP contribution is 2.36. The smallest absolute Gasteiger partial charge is 0.268 e. The SMILES string of the molecule is Cc1ccc2c(c1)N(CC(=O)NC(C)C)C(=O)C(C(C)C)O2. The lowest BCUT2D eigenvalue weighted by Crippen LogP contribution is -2.52. The minimum Gasteiger partial charge on any atom is -0.478 e. The maximum Gasteiger partial charge on any atom is 0.268 e. The summed E-state index contributed by atoms with van der Waals surface area (Å²) in [7, 11) is 0. The molecule has 0 saturated heterocycles. The lowest BCUT2D eigenvalue weighted by Gasteiger charge is -2.36. The summed E-state index contributed by atoms with van der Waals surface area (Å²) in [6.45, 7) is 9.63. The molecule has 1 N–H and O–H groups in total. The number of ether oxygens (including phenoxy) is 1. The number of hydrogen-bond acceptors (Lipinski definition) is 3. The van der Waals surface area contributed by atoms with Crippen LogP contribution in [0.15, 0.2) is 18.2 Å². The van der Waals surface area contributed by atoms with Crippen LogP contribution in [0.25, 0.3) is 0 Å². The zero-order chi connectivity index (χ0) is 16.4. The second-order valence-corrected chi connectivity index (χ2v) is 6.40. The highest BCUT2D eigenvalue weighted by atomic mass is 16.5. The van der Waals surface area contributed by atoms with Crippen LogP contribution in [0.2, 0.25) is 0 Å². The van der Waals surface area contributed by atoms with E-state index in [0.29, 0.717) is 11.4 Å². The number of nitrogens with one attached hydrogen (secondary N) is 1. The molecule has 1 atom stereocenters. The highest BCUT2D eigenvalue weighted by Gasteiger charge is 2.37. The molecule has 120 valence electrons. The average Bonchev–Trinajstić information content (AvgIpc) is 2.40. The Bertz CT molecular complexity index is 581. The summed E-state index contributed by atoms with van der Waals surface area (Å²) in [6, 6.07) is 5.73. The molecule has 1 aromatic rings. The summed E-state index contributed by atoms with van der Waals surface area (Å²) in [4.78, 5) is 26.3. The van der Waals surface area contributed by atoms with Crippen molar-refractivity contribution in [3.63, 3.8) is 0 Å². The number of fused-ring (bicyclic) bond motifs is 1. The fourth-order valence-corrected chi connectivity index (χ4v) is 2.49. The number of rotatable bonds is 4. The van der Waals surface area contributed by atoms with E-state index in [9.17, 15) is 9.59 Å². The van der Waals surface area contributed by atoms with Crippen LogP contribution in [0.4, 0.5) is 5.69 Å². The van der Waals surface area contributed by atoms with E-state index in [2.05, 4.69) is 5.32 Å². The van der Waals surface area contributed by atoms with Gasteiger partial charge in [-0.15, -0.1) is 0 Å². The van der Waals surface area contributed by atoms with E-state index in [4.69, 9.17) is 4.74 Å². The van der Waals surface area contributed by atoms with Crippen molar-refractivity contribution in [2.24, 2.45) is 5.92 Å². The van der Waals surface area contributed by atoms with Crippen LogP contribution in [0.1, 0.15) is 33.3 Å². The van der Waals surface area contributed by atoms with Gasteiger partial charge in [0.25, 0.3) is 5.91 Å². The van der Waals surface area contributed by atoms with Crippen LogP contribution < -0.4 is 15.0 Å². The van der Waals surface area contributed by atoms with Gasteiger partial charge in [0.05, 0.1) is 5.69 Å². The quantitative estimate of drug-likeness (QED) is 0.928. The van der Waals surface area contributed by atoms with Gasteiger partial charge < -0.3 is 10.1 Å². The maximum absolute atomic E-state index is 12.7. The molecule has 5 nitrogen and oxygen atoms in total. The molecule has 0 aliphatic carbocycles. The second-order valence-electron chi connectivity index (χ2n) is 6.40. The van der Waals surface area contributed by atoms with Crippen molar-refractivity contribution >= 4 is 17.5 Å². The molecule has 1 heterocycles. The van der Waals surface area contributed by atoms with Crippen molar-refractivity contribution in [2.75, 3.05) is 11.4 Å². The molecule has 1 aliphatic rings. The van der Waals surface area contributed by atoms with Crippen molar-refractivity contribution in [3.05, 3.63) is 23.8 Å². The Morgan fingerprint density at radius 1 is 1.32 bits per heavy atom. The first-order chi connectivity index (χ1) is 10.3.